The normalized spacial score (nSPS) is 11.3. The number of hydrogen-bond donors (Lipinski definition) is 0. The molecule has 0 saturated carbocycles. The van der Waals surface area contributed by atoms with Crippen molar-refractivity contribution in [3.05, 3.63) is 53.6 Å². The van der Waals surface area contributed by atoms with Crippen LogP contribution in [0, 0.1) is 0 Å². The third-order valence-electron chi connectivity index (χ3n) is 2.80. The summed E-state index contributed by atoms with van der Waals surface area (Å²) in [4.78, 5) is 26.0. The van der Waals surface area contributed by atoms with Gasteiger partial charge in [0, 0.05) is 19.7 Å². The third kappa shape index (κ3) is 3.72. The Bertz CT molecular complexity index is 693. The van der Waals surface area contributed by atoms with Gasteiger partial charge in [-0.25, -0.2) is 14.6 Å². The molecule has 116 valence electrons. The fourth-order valence-electron chi connectivity index (χ4n) is 1.74. The van der Waals surface area contributed by atoms with Gasteiger partial charge in [-0.15, -0.1) is 0 Å². The van der Waals surface area contributed by atoms with Gasteiger partial charge in [-0.05, 0) is 5.56 Å². The molecule has 22 heavy (non-hydrogen) atoms. The molecule has 1 aromatic carbocycles. The van der Waals surface area contributed by atoms with Gasteiger partial charge in [-0.1, -0.05) is 30.3 Å². The van der Waals surface area contributed by atoms with Crippen LogP contribution < -0.4 is 0 Å². The van der Waals surface area contributed by atoms with E-state index >= 15 is 0 Å². The van der Waals surface area contributed by atoms with Crippen molar-refractivity contribution in [1.29, 1.82) is 0 Å². The van der Waals surface area contributed by atoms with E-state index in [0.29, 0.717) is 12.2 Å². The van der Waals surface area contributed by atoms with Crippen LogP contribution in [-0.2, 0) is 23.0 Å². The van der Waals surface area contributed by atoms with Crippen LogP contribution in [0.4, 0.5) is 13.2 Å². The zero-order chi connectivity index (χ0) is 16.3. The molecule has 0 unspecified atom stereocenters. The number of benzene rings is 1. The fourth-order valence-corrected chi connectivity index (χ4v) is 1.74. The van der Waals surface area contributed by atoms with Crippen LogP contribution in [0.5, 0.6) is 0 Å². The average molecular weight is 312 g/mol. The molecule has 1 heterocycles. The molecule has 0 aliphatic rings. The van der Waals surface area contributed by atoms with E-state index in [2.05, 4.69) is 9.72 Å². The molecule has 0 N–H and O–H groups in total. The van der Waals surface area contributed by atoms with Gasteiger partial charge in [-0.3, -0.25) is 0 Å². The Hall–Kier alpha value is -2.64. The summed E-state index contributed by atoms with van der Waals surface area (Å²) in [6.45, 7) is 0. The third-order valence-corrected chi connectivity index (χ3v) is 2.80. The van der Waals surface area contributed by atoms with Crippen LogP contribution in [0.15, 0.2) is 36.5 Å². The molecule has 0 fully saturated rings. The standard InChI is InChI=1S/C14H11F3N2O3/c1-19-8-10(12(20)22-13(21)14(15,16)17)18-11(19)7-9-5-3-2-4-6-9/h2-6,8H,7H2,1H3. The second kappa shape index (κ2) is 6.00. The highest BCUT2D eigenvalue weighted by molar-refractivity contribution is 5.96. The summed E-state index contributed by atoms with van der Waals surface area (Å²) in [7, 11) is 1.59. The van der Waals surface area contributed by atoms with E-state index in [-0.39, 0.29) is 5.69 Å². The molecular formula is C14H11F3N2O3. The summed E-state index contributed by atoms with van der Waals surface area (Å²) >= 11 is 0. The van der Waals surface area contributed by atoms with Crippen LogP contribution in [0.2, 0.25) is 0 Å². The van der Waals surface area contributed by atoms with Gasteiger partial charge < -0.3 is 9.30 Å². The number of aromatic nitrogens is 2. The molecule has 0 amide bonds. The van der Waals surface area contributed by atoms with E-state index in [1.807, 2.05) is 30.3 Å². The molecule has 5 nitrogen and oxygen atoms in total. The number of rotatable bonds is 3. The highest BCUT2D eigenvalue weighted by Crippen LogP contribution is 2.18. The predicted molar refractivity (Wildman–Crippen MR) is 68.9 cm³/mol. The van der Waals surface area contributed by atoms with Crippen molar-refractivity contribution >= 4 is 11.9 Å². The quantitative estimate of drug-likeness (QED) is 0.644. The molecule has 8 heteroatoms. The smallest absolute Gasteiger partial charge is 0.381 e. The Kier molecular flexibility index (Phi) is 4.30. The summed E-state index contributed by atoms with van der Waals surface area (Å²) in [6, 6.07) is 9.19. The minimum Gasteiger partial charge on any atom is -0.381 e. The summed E-state index contributed by atoms with van der Waals surface area (Å²) in [5, 5.41) is 0. The van der Waals surface area contributed by atoms with Gasteiger partial charge >= 0.3 is 18.1 Å². The minimum absolute atomic E-state index is 0.356. The summed E-state index contributed by atoms with van der Waals surface area (Å²) in [5.74, 6) is -3.54. The Balaban J connectivity index is 2.12. The molecule has 2 aromatic rings. The van der Waals surface area contributed by atoms with Crippen LogP contribution >= 0.6 is 0 Å². The van der Waals surface area contributed by atoms with Gasteiger partial charge in [0.15, 0.2) is 5.69 Å². The van der Waals surface area contributed by atoms with Crippen LogP contribution in [0.3, 0.4) is 0 Å². The molecule has 0 aliphatic heterocycles. The van der Waals surface area contributed by atoms with E-state index in [1.54, 1.807) is 7.05 Å². The first-order valence-electron chi connectivity index (χ1n) is 6.17. The molecule has 0 bridgehead atoms. The maximum absolute atomic E-state index is 12.0. The van der Waals surface area contributed by atoms with Crippen molar-refractivity contribution in [2.75, 3.05) is 0 Å². The Morgan fingerprint density at radius 2 is 1.86 bits per heavy atom. The average Bonchev–Trinajstić information content (AvgIpc) is 2.80. The van der Waals surface area contributed by atoms with Crippen molar-refractivity contribution in [3.8, 4) is 0 Å². The van der Waals surface area contributed by atoms with Gasteiger partial charge in [0.05, 0.1) is 0 Å². The summed E-state index contributed by atoms with van der Waals surface area (Å²) in [5.41, 5.74) is 0.563. The molecule has 0 spiro atoms. The Morgan fingerprint density at radius 1 is 1.23 bits per heavy atom. The van der Waals surface area contributed by atoms with Crippen molar-refractivity contribution in [3.63, 3.8) is 0 Å². The van der Waals surface area contributed by atoms with Crippen LogP contribution in [0.25, 0.3) is 0 Å². The van der Waals surface area contributed by atoms with E-state index in [0.717, 1.165) is 5.56 Å². The van der Waals surface area contributed by atoms with Crippen LogP contribution in [0.1, 0.15) is 21.9 Å². The fraction of sp³-hybridized carbons (Fsp3) is 0.214. The molecule has 1 aromatic heterocycles. The van der Waals surface area contributed by atoms with E-state index in [9.17, 15) is 22.8 Å². The summed E-state index contributed by atoms with van der Waals surface area (Å²) < 4.78 is 41.4. The largest absolute Gasteiger partial charge is 0.491 e. The zero-order valence-electron chi connectivity index (χ0n) is 11.4. The number of carbonyl (C=O) groups excluding carboxylic acids is 2. The topological polar surface area (TPSA) is 61.2 Å². The van der Waals surface area contributed by atoms with Crippen molar-refractivity contribution in [2.24, 2.45) is 7.05 Å². The molecule has 2 rings (SSSR count). The number of esters is 2. The molecular weight excluding hydrogens is 301 g/mol. The lowest BCUT2D eigenvalue weighted by molar-refractivity contribution is -0.193. The first-order chi connectivity index (χ1) is 10.3. The maximum atomic E-state index is 12.0. The number of alkyl halides is 3. The predicted octanol–water partition coefficient (Wildman–Crippen LogP) is 2.26. The SMILES string of the molecule is Cn1cc(C(=O)OC(=O)C(F)(F)F)nc1Cc1ccccc1. The number of nitrogens with zero attached hydrogens (tertiary/aromatic N) is 2. The lowest BCUT2D eigenvalue weighted by Gasteiger charge is -2.03. The zero-order valence-corrected chi connectivity index (χ0v) is 11.4. The lowest BCUT2D eigenvalue weighted by atomic mass is 10.1. The van der Waals surface area contributed by atoms with Gasteiger partial charge in [0.2, 0.25) is 0 Å². The highest BCUT2D eigenvalue weighted by atomic mass is 19.4. The van der Waals surface area contributed by atoms with Gasteiger partial charge in [0.25, 0.3) is 0 Å². The number of imidazole rings is 1. The molecule has 0 radical (unpaired) electrons. The number of ether oxygens (including phenoxy) is 1. The number of hydrogen-bond acceptors (Lipinski definition) is 4. The summed E-state index contributed by atoms with van der Waals surface area (Å²) in [6.07, 6.45) is -3.63. The monoisotopic (exact) mass is 312 g/mol. The number of carbonyl (C=O) groups is 2. The van der Waals surface area contributed by atoms with E-state index in [4.69, 9.17) is 0 Å². The lowest BCUT2D eigenvalue weighted by Crippen LogP contribution is -2.28. The minimum atomic E-state index is -5.22. The van der Waals surface area contributed by atoms with Crippen molar-refractivity contribution < 1.29 is 27.5 Å². The molecule has 0 aliphatic carbocycles. The van der Waals surface area contributed by atoms with Crippen molar-refractivity contribution in [2.45, 2.75) is 12.6 Å². The maximum Gasteiger partial charge on any atom is 0.491 e. The number of aryl methyl sites for hydroxylation is 1. The molecule has 0 atom stereocenters. The van der Waals surface area contributed by atoms with Gasteiger partial charge in [-0.2, -0.15) is 13.2 Å². The van der Waals surface area contributed by atoms with Gasteiger partial charge in [0.1, 0.15) is 5.82 Å². The first kappa shape index (κ1) is 15.7. The van der Waals surface area contributed by atoms with Crippen molar-refractivity contribution in [1.82, 2.24) is 9.55 Å². The van der Waals surface area contributed by atoms with Crippen LogP contribution in [-0.4, -0.2) is 27.7 Å². The Labute approximate surface area is 123 Å². The second-order valence-electron chi connectivity index (χ2n) is 4.49. The van der Waals surface area contributed by atoms with E-state index in [1.165, 1.54) is 10.8 Å². The first-order valence-corrected chi connectivity index (χ1v) is 6.17. The molecule has 0 saturated heterocycles. The Morgan fingerprint density at radius 3 is 2.45 bits per heavy atom. The van der Waals surface area contributed by atoms with E-state index < -0.39 is 18.1 Å². The second-order valence-corrected chi connectivity index (χ2v) is 4.49. The highest BCUT2D eigenvalue weighted by Gasteiger charge is 2.42. The number of halogens is 3.